The van der Waals surface area contributed by atoms with Crippen molar-refractivity contribution >= 4 is 11.8 Å². The Labute approximate surface area is 206 Å². The Balaban J connectivity index is 1.28. The van der Waals surface area contributed by atoms with E-state index in [1.165, 1.54) is 12.8 Å². The van der Waals surface area contributed by atoms with Crippen LogP contribution in [0.4, 0.5) is 4.39 Å². The van der Waals surface area contributed by atoms with Crippen LogP contribution in [-0.4, -0.2) is 74.4 Å². The Morgan fingerprint density at radius 2 is 1.97 bits per heavy atom. The molecule has 0 aromatic heterocycles. The zero-order valence-electron chi connectivity index (χ0n) is 20.1. The Morgan fingerprint density at radius 3 is 2.66 bits per heavy atom. The van der Waals surface area contributed by atoms with E-state index in [0.717, 1.165) is 11.1 Å². The van der Waals surface area contributed by atoms with Gasteiger partial charge in [-0.2, -0.15) is 0 Å². The summed E-state index contributed by atoms with van der Waals surface area (Å²) in [5.41, 5.74) is 1.87. The molecule has 2 heterocycles. The lowest BCUT2D eigenvalue weighted by molar-refractivity contribution is -0.126. The molecule has 3 aliphatic rings. The SMILES string of the molecule is COCCN1CC(NC(=O)[C@@H]2C[C@H](F)CN2)CC1C(=O)NCc1ccc(C#CC#CC2CC2)cc1. The number of nitrogens with zero attached hydrogens (tertiary/aromatic N) is 1. The van der Waals surface area contributed by atoms with Gasteiger partial charge in [0.05, 0.1) is 18.7 Å². The normalized spacial score (nSPS) is 25.8. The van der Waals surface area contributed by atoms with Gasteiger partial charge in [-0.3, -0.25) is 14.5 Å². The monoisotopic (exact) mass is 480 g/mol. The lowest BCUT2D eigenvalue weighted by atomic mass is 10.1. The maximum absolute atomic E-state index is 13.4. The Morgan fingerprint density at radius 1 is 1.17 bits per heavy atom. The first-order valence-corrected chi connectivity index (χ1v) is 12.3. The highest BCUT2D eigenvalue weighted by molar-refractivity contribution is 5.84. The molecule has 3 fully saturated rings. The smallest absolute Gasteiger partial charge is 0.237 e. The van der Waals surface area contributed by atoms with E-state index < -0.39 is 12.2 Å². The van der Waals surface area contributed by atoms with E-state index in [4.69, 9.17) is 4.74 Å². The first-order valence-electron chi connectivity index (χ1n) is 12.3. The highest BCUT2D eigenvalue weighted by atomic mass is 19.1. The molecule has 1 aromatic carbocycles. The van der Waals surface area contributed by atoms with E-state index in [9.17, 15) is 14.0 Å². The molecule has 2 saturated heterocycles. The lowest BCUT2D eigenvalue weighted by Gasteiger charge is -2.23. The van der Waals surface area contributed by atoms with Gasteiger partial charge in [-0.25, -0.2) is 4.39 Å². The van der Waals surface area contributed by atoms with Gasteiger partial charge in [0.15, 0.2) is 0 Å². The van der Waals surface area contributed by atoms with Crippen molar-refractivity contribution < 1.29 is 18.7 Å². The first-order chi connectivity index (χ1) is 17.0. The number of methoxy groups -OCH3 is 1. The molecule has 4 rings (SSSR count). The topological polar surface area (TPSA) is 82.7 Å². The fourth-order valence-corrected chi connectivity index (χ4v) is 4.41. The van der Waals surface area contributed by atoms with E-state index in [1.807, 2.05) is 29.2 Å². The molecule has 2 unspecified atom stereocenters. The standard InChI is InChI=1S/C27H33FN4O3/c1-35-13-12-32-18-23(31-26(33)24-14-22(28)17-29-24)15-25(32)27(34)30-16-21-10-8-20(9-11-21)5-3-2-4-19-6-7-19/h8-11,19,22-25,29H,6-7,12-18H2,1H3,(H,30,34)(H,31,33)/t22-,23?,24-,25?/m0/s1. The number of nitrogens with one attached hydrogen (secondary N) is 3. The van der Waals surface area contributed by atoms with Crippen LogP contribution in [-0.2, 0) is 20.9 Å². The minimum absolute atomic E-state index is 0.0834. The van der Waals surface area contributed by atoms with E-state index in [0.29, 0.717) is 38.6 Å². The van der Waals surface area contributed by atoms with Gasteiger partial charge in [-0.1, -0.05) is 24.0 Å². The fourth-order valence-electron chi connectivity index (χ4n) is 4.41. The Kier molecular flexibility index (Phi) is 8.76. The number of halogens is 1. The van der Waals surface area contributed by atoms with Crippen LogP contribution in [0, 0.1) is 29.6 Å². The molecule has 1 aliphatic carbocycles. The van der Waals surface area contributed by atoms with Crippen LogP contribution in [0.1, 0.15) is 36.8 Å². The third kappa shape index (κ3) is 7.53. The molecule has 0 radical (unpaired) electrons. The Bertz CT molecular complexity index is 1020. The number of alkyl halides is 1. The zero-order chi connectivity index (χ0) is 24.6. The highest BCUT2D eigenvalue weighted by Crippen LogP contribution is 2.27. The van der Waals surface area contributed by atoms with Crippen molar-refractivity contribution in [1.82, 2.24) is 20.9 Å². The van der Waals surface area contributed by atoms with Crippen molar-refractivity contribution in [3.8, 4) is 23.7 Å². The second-order valence-corrected chi connectivity index (χ2v) is 9.45. The van der Waals surface area contributed by atoms with Crippen molar-refractivity contribution in [2.75, 3.05) is 33.4 Å². The largest absolute Gasteiger partial charge is 0.383 e. The van der Waals surface area contributed by atoms with Gasteiger partial charge in [0.25, 0.3) is 0 Å². The number of amides is 2. The van der Waals surface area contributed by atoms with Crippen molar-refractivity contribution in [1.29, 1.82) is 0 Å². The van der Waals surface area contributed by atoms with Crippen molar-refractivity contribution in [2.24, 2.45) is 5.92 Å². The van der Waals surface area contributed by atoms with Crippen LogP contribution in [0.25, 0.3) is 0 Å². The summed E-state index contributed by atoms with van der Waals surface area (Å²) in [5, 5.41) is 8.92. The summed E-state index contributed by atoms with van der Waals surface area (Å²) in [5.74, 6) is 12.2. The molecule has 0 bridgehead atoms. The van der Waals surface area contributed by atoms with Gasteiger partial charge in [-0.05, 0) is 48.8 Å². The molecule has 4 atom stereocenters. The average molecular weight is 481 g/mol. The average Bonchev–Trinajstić information content (AvgIpc) is 3.44. The molecular weight excluding hydrogens is 447 g/mol. The maximum Gasteiger partial charge on any atom is 0.237 e. The second kappa shape index (κ2) is 12.2. The van der Waals surface area contributed by atoms with Crippen LogP contribution >= 0.6 is 0 Å². The molecule has 1 saturated carbocycles. The van der Waals surface area contributed by atoms with Gasteiger partial charge in [-0.15, -0.1) is 0 Å². The maximum atomic E-state index is 13.4. The van der Waals surface area contributed by atoms with Crippen LogP contribution in [0.15, 0.2) is 24.3 Å². The quantitative estimate of drug-likeness (QED) is 0.483. The van der Waals surface area contributed by atoms with Crippen molar-refractivity contribution in [3.05, 3.63) is 35.4 Å². The first kappa shape index (κ1) is 25.2. The summed E-state index contributed by atoms with van der Waals surface area (Å²) in [6, 6.07) is 6.71. The van der Waals surface area contributed by atoms with Gasteiger partial charge in [0, 0.05) is 57.2 Å². The third-order valence-electron chi connectivity index (χ3n) is 6.57. The molecule has 0 spiro atoms. The number of carbonyl (C=O) groups excluding carboxylic acids is 2. The summed E-state index contributed by atoms with van der Waals surface area (Å²) in [4.78, 5) is 27.5. The second-order valence-electron chi connectivity index (χ2n) is 9.45. The molecule has 7 nitrogen and oxygen atoms in total. The van der Waals surface area contributed by atoms with E-state index in [-0.39, 0.29) is 36.9 Å². The van der Waals surface area contributed by atoms with Gasteiger partial charge in [0.1, 0.15) is 6.17 Å². The zero-order valence-corrected chi connectivity index (χ0v) is 20.1. The number of benzene rings is 1. The van der Waals surface area contributed by atoms with Gasteiger partial charge in [0.2, 0.25) is 11.8 Å². The number of ether oxygens (including phenoxy) is 1. The highest BCUT2D eigenvalue weighted by Gasteiger charge is 2.38. The summed E-state index contributed by atoms with van der Waals surface area (Å²) in [7, 11) is 1.62. The lowest BCUT2D eigenvalue weighted by Crippen LogP contribution is -2.46. The molecule has 3 N–H and O–H groups in total. The molecule has 186 valence electrons. The molecule has 2 amide bonds. The van der Waals surface area contributed by atoms with Crippen molar-refractivity contribution in [3.63, 3.8) is 0 Å². The van der Waals surface area contributed by atoms with Crippen LogP contribution in [0.3, 0.4) is 0 Å². The minimum Gasteiger partial charge on any atom is -0.383 e. The van der Waals surface area contributed by atoms with E-state index in [2.05, 4.69) is 39.6 Å². The summed E-state index contributed by atoms with van der Waals surface area (Å²) >= 11 is 0. The van der Waals surface area contributed by atoms with Crippen LogP contribution in [0.5, 0.6) is 0 Å². The molecule has 35 heavy (non-hydrogen) atoms. The molecule has 1 aromatic rings. The summed E-state index contributed by atoms with van der Waals surface area (Å²) in [6.45, 7) is 2.24. The van der Waals surface area contributed by atoms with Crippen LogP contribution in [0.2, 0.25) is 0 Å². The number of rotatable bonds is 8. The summed E-state index contributed by atoms with van der Waals surface area (Å²) in [6.07, 6.45) is 2.08. The fraction of sp³-hybridized carbons (Fsp3) is 0.556. The predicted octanol–water partition coefficient (Wildman–Crippen LogP) is 0.973. The number of hydrogen-bond acceptors (Lipinski definition) is 5. The van der Waals surface area contributed by atoms with Gasteiger partial charge < -0.3 is 20.7 Å². The van der Waals surface area contributed by atoms with E-state index >= 15 is 0 Å². The third-order valence-corrected chi connectivity index (χ3v) is 6.57. The molecule has 2 aliphatic heterocycles. The molecular formula is C27H33FN4O3. The minimum atomic E-state index is -0.992. The summed E-state index contributed by atoms with van der Waals surface area (Å²) < 4.78 is 18.6. The number of carbonyl (C=O) groups is 2. The molecule has 8 heteroatoms. The predicted molar refractivity (Wildman–Crippen MR) is 131 cm³/mol. The number of likely N-dealkylation sites (tertiary alicyclic amines) is 1. The number of hydrogen-bond donors (Lipinski definition) is 3. The van der Waals surface area contributed by atoms with Crippen molar-refractivity contribution in [2.45, 2.75) is 56.5 Å². The van der Waals surface area contributed by atoms with E-state index in [1.54, 1.807) is 7.11 Å². The Hall–Kier alpha value is -2.91. The van der Waals surface area contributed by atoms with Gasteiger partial charge >= 0.3 is 0 Å². The van der Waals surface area contributed by atoms with Crippen LogP contribution < -0.4 is 16.0 Å².